The van der Waals surface area contributed by atoms with E-state index in [0.717, 1.165) is 12.8 Å². The lowest BCUT2D eigenvalue weighted by molar-refractivity contribution is -0.154. The minimum Gasteiger partial charge on any atom is -0.479 e. The molecule has 1 aromatic rings. The maximum Gasteiger partial charge on any atom is 0.347 e. The van der Waals surface area contributed by atoms with Crippen LogP contribution in [0, 0.1) is 17.2 Å². The molecule has 122 valence electrons. The van der Waals surface area contributed by atoms with Crippen LogP contribution in [0.25, 0.3) is 0 Å². The topological polar surface area (TPSA) is 88.4 Å². The molecule has 1 N–H and O–H groups in total. The molecule has 6 nitrogen and oxygen atoms in total. The molecular weight excluding hydrogens is 296 g/mol. The molecule has 0 bridgehead atoms. The Morgan fingerprint density at radius 2 is 1.96 bits per heavy atom. The first-order valence-electron chi connectivity index (χ1n) is 7.62. The van der Waals surface area contributed by atoms with Gasteiger partial charge in [-0.2, -0.15) is 5.26 Å². The van der Waals surface area contributed by atoms with Gasteiger partial charge in [0.05, 0.1) is 11.6 Å². The number of esters is 1. The van der Waals surface area contributed by atoms with Crippen LogP contribution in [0.15, 0.2) is 24.3 Å². The van der Waals surface area contributed by atoms with Gasteiger partial charge >= 0.3 is 5.97 Å². The van der Waals surface area contributed by atoms with Gasteiger partial charge in [0.25, 0.3) is 5.91 Å². The Morgan fingerprint density at radius 3 is 2.52 bits per heavy atom. The molecule has 0 heterocycles. The van der Waals surface area contributed by atoms with Crippen molar-refractivity contribution >= 4 is 11.9 Å². The summed E-state index contributed by atoms with van der Waals surface area (Å²) in [5.74, 6) is 0.0976. The number of carbonyl (C=O) groups is 2. The molecule has 1 aliphatic carbocycles. The monoisotopic (exact) mass is 316 g/mol. The first kappa shape index (κ1) is 16.8. The van der Waals surface area contributed by atoms with E-state index in [9.17, 15) is 9.59 Å². The quantitative estimate of drug-likeness (QED) is 0.775. The molecule has 0 saturated heterocycles. The number of hydrogen-bond acceptors (Lipinski definition) is 5. The SMILES string of the molecule is C[C@H](Oc1ccc(C#N)cc1)C(=O)OCC(=O)N[C@H](C)C1CC1. The van der Waals surface area contributed by atoms with E-state index in [0.29, 0.717) is 17.2 Å². The van der Waals surface area contributed by atoms with Gasteiger partial charge in [0.1, 0.15) is 5.75 Å². The average molecular weight is 316 g/mol. The Bertz CT molecular complexity index is 602. The Kier molecular flexibility index (Phi) is 5.58. The van der Waals surface area contributed by atoms with Gasteiger partial charge in [-0.15, -0.1) is 0 Å². The van der Waals surface area contributed by atoms with Crippen molar-refractivity contribution in [1.29, 1.82) is 5.26 Å². The second-order valence-corrected chi connectivity index (χ2v) is 5.70. The van der Waals surface area contributed by atoms with Gasteiger partial charge in [0.15, 0.2) is 12.7 Å². The number of carbonyl (C=O) groups excluding carboxylic acids is 2. The van der Waals surface area contributed by atoms with Crippen LogP contribution in [0.4, 0.5) is 0 Å². The van der Waals surface area contributed by atoms with Gasteiger partial charge < -0.3 is 14.8 Å². The molecule has 0 unspecified atom stereocenters. The van der Waals surface area contributed by atoms with E-state index in [2.05, 4.69) is 5.32 Å². The maximum atomic E-state index is 11.8. The summed E-state index contributed by atoms with van der Waals surface area (Å²) in [7, 11) is 0. The van der Waals surface area contributed by atoms with Crippen LogP contribution < -0.4 is 10.1 Å². The summed E-state index contributed by atoms with van der Waals surface area (Å²) in [6.45, 7) is 3.19. The maximum absolute atomic E-state index is 11.8. The fourth-order valence-corrected chi connectivity index (χ4v) is 2.12. The van der Waals surface area contributed by atoms with Crippen LogP contribution in [0.5, 0.6) is 5.75 Å². The molecule has 1 aliphatic rings. The minimum absolute atomic E-state index is 0.119. The Morgan fingerprint density at radius 1 is 1.30 bits per heavy atom. The van der Waals surface area contributed by atoms with Crippen molar-refractivity contribution in [3.05, 3.63) is 29.8 Å². The van der Waals surface area contributed by atoms with E-state index in [1.54, 1.807) is 31.2 Å². The lowest BCUT2D eigenvalue weighted by Crippen LogP contribution is -2.38. The van der Waals surface area contributed by atoms with Crippen LogP contribution in [-0.4, -0.2) is 30.6 Å². The molecule has 1 aromatic carbocycles. The summed E-state index contributed by atoms with van der Waals surface area (Å²) < 4.78 is 10.4. The molecule has 0 aromatic heterocycles. The number of nitrogens with zero attached hydrogens (tertiary/aromatic N) is 1. The molecule has 2 atom stereocenters. The van der Waals surface area contributed by atoms with E-state index in [1.807, 2.05) is 13.0 Å². The summed E-state index contributed by atoms with van der Waals surface area (Å²) in [5.41, 5.74) is 0.508. The highest BCUT2D eigenvalue weighted by molar-refractivity contribution is 5.82. The largest absolute Gasteiger partial charge is 0.479 e. The molecule has 2 rings (SSSR count). The zero-order valence-electron chi connectivity index (χ0n) is 13.2. The zero-order chi connectivity index (χ0) is 16.8. The summed E-state index contributed by atoms with van der Waals surface area (Å²) in [6.07, 6.45) is 1.43. The highest BCUT2D eigenvalue weighted by Gasteiger charge is 2.29. The molecule has 0 aliphatic heterocycles. The summed E-state index contributed by atoms with van der Waals surface area (Å²) in [5, 5.41) is 11.5. The fourth-order valence-electron chi connectivity index (χ4n) is 2.12. The third-order valence-corrected chi connectivity index (χ3v) is 3.69. The highest BCUT2D eigenvalue weighted by atomic mass is 16.6. The molecule has 23 heavy (non-hydrogen) atoms. The first-order valence-corrected chi connectivity index (χ1v) is 7.62. The van der Waals surface area contributed by atoms with E-state index < -0.39 is 12.1 Å². The Labute approximate surface area is 135 Å². The predicted octanol–water partition coefficient (Wildman–Crippen LogP) is 1.78. The van der Waals surface area contributed by atoms with Crippen molar-refractivity contribution in [2.75, 3.05) is 6.61 Å². The Hall–Kier alpha value is -2.55. The molecular formula is C17H20N2O4. The normalized spacial score (nSPS) is 15.9. The van der Waals surface area contributed by atoms with Gasteiger partial charge in [-0.1, -0.05) is 0 Å². The third kappa shape index (κ3) is 5.29. The average Bonchev–Trinajstić information content (AvgIpc) is 3.38. The highest BCUT2D eigenvalue weighted by Crippen LogP contribution is 2.32. The number of amides is 1. The molecule has 1 fully saturated rings. The van der Waals surface area contributed by atoms with Crippen LogP contribution >= 0.6 is 0 Å². The van der Waals surface area contributed by atoms with Crippen LogP contribution in [0.1, 0.15) is 32.3 Å². The Balaban J connectivity index is 1.73. The number of ether oxygens (including phenoxy) is 2. The fraction of sp³-hybridized carbons (Fsp3) is 0.471. The number of rotatable bonds is 7. The second-order valence-electron chi connectivity index (χ2n) is 5.70. The molecule has 1 saturated carbocycles. The zero-order valence-corrected chi connectivity index (χ0v) is 13.2. The van der Waals surface area contributed by atoms with Gasteiger partial charge in [-0.3, -0.25) is 4.79 Å². The van der Waals surface area contributed by atoms with E-state index in [4.69, 9.17) is 14.7 Å². The number of nitrogens with one attached hydrogen (secondary N) is 1. The third-order valence-electron chi connectivity index (χ3n) is 3.69. The van der Waals surface area contributed by atoms with Crippen molar-refractivity contribution in [1.82, 2.24) is 5.32 Å². The first-order chi connectivity index (χ1) is 11.0. The minimum atomic E-state index is -0.836. The summed E-state index contributed by atoms with van der Waals surface area (Å²) >= 11 is 0. The van der Waals surface area contributed by atoms with Gasteiger partial charge in [0.2, 0.25) is 0 Å². The number of hydrogen-bond donors (Lipinski definition) is 1. The van der Waals surface area contributed by atoms with Gasteiger partial charge in [-0.05, 0) is 56.9 Å². The second kappa shape index (κ2) is 7.63. The lowest BCUT2D eigenvalue weighted by atomic mass is 10.2. The number of benzene rings is 1. The van der Waals surface area contributed by atoms with E-state index in [1.165, 1.54) is 0 Å². The summed E-state index contributed by atoms with van der Waals surface area (Å²) in [6, 6.07) is 8.52. The van der Waals surface area contributed by atoms with Crippen LogP contribution in [-0.2, 0) is 14.3 Å². The van der Waals surface area contributed by atoms with Crippen molar-refractivity contribution in [3.63, 3.8) is 0 Å². The molecule has 0 radical (unpaired) electrons. The number of nitriles is 1. The van der Waals surface area contributed by atoms with Crippen molar-refractivity contribution in [2.24, 2.45) is 5.92 Å². The van der Waals surface area contributed by atoms with E-state index in [-0.39, 0.29) is 18.6 Å². The lowest BCUT2D eigenvalue weighted by Gasteiger charge is -2.15. The van der Waals surface area contributed by atoms with Crippen molar-refractivity contribution in [2.45, 2.75) is 38.8 Å². The van der Waals surface area contributed by atoms with Crippen molar-refractivity contribution in [3.8, 4) is 11.8 Å². The predicted molar refractivity (Wildman–Crippen MR) is 82.5 cm³/mol. The standard InChI is InChI=1S/C17H20N2O4/c1-11(14-5-6-14)19-16(20)10-22-17(21)12(2)23-15-7-3-13(9-18)4-8-15/h3-4,7-8,11-12,14H,5-6,10H2,1-2H3,(H,19,20)/t11-,12+/m1/s1. The molecule has 1 amide bonds. The molecule has 0 spiro atoms. The van der Waals surface area contributed by atoms with Crippen LogP contribution in [0.2, 0.25) is 0 Å². The van der Waals surface area contributed by atoms with Gasteiger partial charge in [0, 0.05) is 6.04 Å². The summed E-state index contributed by atoms with van der Waals surface area (Å²) in [4.78, 5) is 23.5. The van der Waals surface area contributed by atoms with Crippen LogP contribution in [0.3, 0.4) is 0 Å². The molecule has 6 heteroatoms. The smallest absolute Gasteiger partial charge is 0.347 e. The van der Waals surface area contributed by atoms with Crippen molar-refractivity contribution < 1.29 is 19.1 Å². The van der Waals surface area contributed by atoms with Gasteiger partial charge in [-0.25, -0.2) is 4.79 Å². The van der Waals surface area contributed by atoms with E-state index >= 15 is 0 Å².